The van der Waals surface area contributed by atoms with E-state index in [1.165, 1.54) is 12.1 Å². The van der Waals surface area contributed by atoms with Crippen molar-refractivity contribution in [2.45, 2.75) is 19.3 Å². The van der Waals surface area contributed by atoms with E-state index < -0.39 is 21.7 Å². The van der Waals surface area contributed by atoms with Crippen LogP contribution >= 0.6 is 0 Å². The second kappa shape index (κ2) is 9.02. The minimum Gasteiger partial charge on any atom is -0.481 e. The van der Waals surface area contributed by atoms with Crippen LogP contribution in [0.5, 0.6) is 0 Å². The summed E-state index contributed by atoms with van der Waals surface area (Å²) in [7, 11) is -3.08. The standard InChI is InChI=1S/C15H20N2O6S/c1-24(22,23)10-2-3-13(18)17-12-6-4-11(5-7-12)15(21)16-9-8-14(19)20/h4-7H,2-3,8-10H2,1H3,(H,16,21)(H,17,18)(H,19,20). The molecule has 0 aliphatic heterocycles. The molecule has 1 aromatic rings. The van der Waals surface area contributed by atoms with Gasteiger partial charge >= 0.3 is 5.97 Å². The van der Waals surface area contributed by atoms with E-state index >= 15 is 0 Å². The quantitative estimate of drug-likeness (QED) is 0.596. The van der Waals surface area contributed by atoms with Crippen LogP contribution in [0, 0.1) is 0 Å². The molecule has 8 nitrogen and oxygen atoms in total. The minimum atomic E-state index is -3.08. The van der Waals surface area contributed by atoms with Crippen LogP contribution in [0.3, 0.4) is 0 Å². The first kappa shape index (κ1) is 19.6. The molecule has 2 amide bonds. The Labute approximate surface area is 140 Å². The molecule has 1 rings (SSSR count). The number of hydrogen-bond donors (Lipinski definition) is 3. The molecule has 0 radical (unpaired) electrons. The topological polar surface area (TPSA) is 130 Å². The number of carboxylic acids is 1. The van der Waals surface area contributed by atoms with Crippen molar-refractivity contribution < 1.29 is 27.9 Å². The van der Waals surface area contributed by atoms with Crippen LogP contribution in [0.15, 0.2) is 24.3 Å². The molecule has 0 heterocycles. The molecule has 0 atom stereocenters. The highest BCUT2D eigenvalue weighted by Gasteiger charge is 2.08. The molecule has 1 aromatic carbocycles. The highest BCUT2D eigenvalue weighted by molar-refractivity contribution is 7.90. The summed E-state index contributed by atoms with van der Waals surface area (Å²) in [6.45, 7) is 0.0347. The summed E-state index contributed by atoms with van der Waals surface area (Å²) in [5, 5.41) is 13.6. The van der Waals surface area contributed by atoms with Crippen molar-refractivity contribution >= 4 is 33.3 Å². The molecule has 0 unspecified atom stereocenters. The predicted molar refractivity (Wildman–Crippen MR) is 88.6 cm³/mol. The minimum absolute atomic E-state index is 0.0347. The summed E-state index contributed by atoms with van der Waals surface area (Å²) in [6.07, 6.45) is 1.29. The molecule has 0 aliphatic carbocycles. The first-order chi connectivity index (χ1) is 11.2. The lowest BCUT2D eigenvalue weighted by molar-refractivity contribution is -0.136. The van der Waals surface area contributed by atoms with Gasteiger partial charge in [0.2, 0.25) is 5.91 Å². The molecule has 0 aromatic heterocycles. The molecular weight excluding hydrogens is 336 g/mol. The van der Waals surface area contributed by atoms with E-state index in [4.69, 9.17) is 5.11 Å². The van der Waals surface area contributed by atoms with E-state index in [1.54, 1.807) is 12.1 Å². The van der Waals surface area contributed by atoms with Gasteiger partial charge in [0.15, 0.2) is 0 Å². The number of carbonyl (C=O) groups is 3. The Morgan fingerprint density at radius 2 is 1.71 bits per heavy atom. The van der Waals surface area contributed by atoms with Crippen LogP contribution < -0.4 is 10.6 Å². The van der Waals surface area contributed by atoms with Gasteiger partial charge in [-0.2, -0.15) is 0 Å². The lowest BCUT2D eigenvalue weighted by Gasteiger charge is -2.07. The molecule has 24 heavy (non-hydrogen) atoms. The number of amides is 2. The van der Waals surface area contributed by atoms with Crippen LogP contribution in [0.25, 0.3) is 0 Å². The second-order valence-corrected chi connectivity index (χ2v) is 7.52. The van der Waals surface area contributed by atoms with Crippen LogP contribution in [0.2, 0.25) is 0 Å². The fourth-order valence-electron chi connectivity index (χ4n) is 1.81. The zero-order valence-electron chi connectivity index (χ0n) is 13.2. The van der Waals surface area contributed by atoms with Crippen molar-refractivity contribution in [3.8, 4) is 0 Å². The van der Waals surface area contributed by atoms with Crippen LogP contribution in [-0.4, -0.2) is 49.9 Å². The Bertz CT molecular complexity index is 697. The Balaban J connectivity index is 2.45. The van der Waals surface area contributed by atoms with E-state index in [2.05, 4.69) is 10.6 Å². The molecule has 0 bridgehead atoms. The maximum Gasteiger partial charge on any atom is 0.305 e. The van der Waals surface area contributed by atoms with Gasteiger partial charge in [-0.3, -0.25) is 14.4 Å². The molecule has 0 fully saturated rings. The molecule has 0 saturated carbocycles. The third-order valence-electron chi connectivity index (χ3n) is 2.97. The van der Waals surface area contributed by atoms with Crippen molar-refractivity contribution in [3.63, 3.8) is 0 Å². The number of aliphatic carboxylic acids is 1. The molecule has 3 N–H and O–H groups in total. The number of carbonyl (C=O) groups excluding carboxylic acids is 2. The molecule has 0 spiro atoms. The highest BCUT2D eigenvalue weighted by Crippen LogP contribution is 2.10. The molecule has 0 aliphatic rings. The first-order valence-electron chi connectivity index (χ1n) is 7.25. The van der Waals surface area contributed by atoms with Gasteiger partial charge in [0.25, 0.3) is 5.91 Å². The van der Waals surface area contributed by atoms with Crippen molar-refractivity contribution in [2.24, 2.45) is 0 Å². The fraction of sp³-hybridized carbons (Fsp3) is 0.400. The van der Waals surface area contributed by atoms with E-state index in [1.807, 2.05) is 0 Å². The summed E-state index contributed by atoms with van der Waals surface area (Å²) in [5.41, 5.74) is 0.830. The van der Waals surface area contributed by atoms with E-state index in [0.29, 0.717) is 11.3 Å². The maximum absolute atomic E-state index is 11.7. The zero-order valence-corrected chi connectivity index (χ0v) is 14.1. The van der Waals surface area contributed by atoms with Crippen molar-refractivity contribution in [3.05, 3.63) is 29.8 Å². The zero-order chi connectivity index (χ0) is 18.2. The molecular formula is C15H20N2O6S. The van der Waals surface area contributed by atoms with Gasteiger partial charge in [0.05, 0.1) is 12.2 Å². The summed E-state index contributed by atoms with van der Waals surface area (Å²) in [5.74, 6) is -1.75. The third kappa shape index (κ3) is 8.28. The SMILES string of the molecule is CS(=O)(=O)CCCC(=O)Nc1ccc(C(=O)NCCC(=O)O)cc1. The summed E-state index contributed by atoms with van der Waals surface area (Å²) < 4.78 is 22.0. The van der Waals surface area contributed by atoms with Crippen LogP contribution in [0.1, 0.15) is 29.6 Å². The van der Waals surface area contributed by atoms with Gasteiger partial charge in [0, 0.05) is 30.5 Å². The van der Waals surface area contributed by atoms with Crippen molar-refractivity contribution in [1.82, 2.24) is 5.32 Å². The van der Waals surface area contributed by atoms with Crippen LogP contribution in [0.4, 0.5) is 5.69 Å². The first-order valence-corrected chi connectivity index (χ1v) is 9.31. The number of sulfone groups is 1. The molecule has 9 heteroatoms. The smallest absolute Gasteiger partial charge is 0.305 e. The average molecular weight is 356 g/mol. The predicted octanol–water partition coefficient (Wildman–Crippen LogP) is 0.654. The number of rotatable bonds is 9. The van der Waals surface area contributed by atoms with Crippen molar-refractivity contribution in [2.75, 3.05) is 23.9 Å². The Morgan fingerprint density at radius 3 is 2.25 bits per heavy atom. The fourth-order valence-corrected chi connectivity index (χ4v) is 2.48. The largest absolute Gasteiger partial charge is 0.481 e. The number of anilines is 1. The molecule has 132 valence electrons. The third-order valence-corrected chi connectivity index (χ3v) is 4.00. The normalized spacial score (nSPS) is 10.9. The summed E-state index contributed by atoms with van der Waals surface area (Å²) >= 11 is 0. The van der Waals surface area contributed by atoms with E-state index in [0.717, 1.165) is 6.26 Å². The second-order valence-electron chi connectivity index (χ2n) is 5.26. The Hall–Kier alpha value is -2.42. The number of hydrogen-bond acceptors (Lipinski definition) is 5. The van der Waals surface area contributed by atoms with Gasteiger partial charge < -0.3 is 15.7 Å². The Morgan fingerprint density at radius 1 is 1.08 bits per heavy atom. The molecule has 0 saturated heterocycles. The van der Waals surface area contributed by atoms with Crippen molar-refractivity contribution in [1.29, 1.82) is 0 Å². The van der Waals surface area contributed by atoms with E-state index in [9.17, 15) is 22.8 Å². The van der Waals surface area contributed by atoms with Gasteiger partial charge in [-0.1, -0.05) is 0 Å². The summed E-state index contributed by atoms with van der Waals surface area (Å²) in [6, 6.07) is 6.09. The van der Waals surface area contributed by atoms with E-state index in [-0.39, 0.29) is 37.5 Å². The average Bonchev–Trinajstić information content (AvgIpc) is 2.46. The monoisotopic (exact) mass is 356 g/mol. The Kier molecular flexibility index (Phi) is 7.37. The maximum atomic E-state index is 11.7. The van der Waals surface area contributed by atoms with Gasteiger partial charge in [0.1, 0.15) is 9.84 Å². The highest BCUT2D eigenvalue weighted by atomic mass is 32.2. The lowest BCUT2D eigenvalue weighted by Crippen LogP contribution is -2.25. The summed E-state index contributed by atoms with van der Waals surface area (Å²) in [4.78, 5) is 33.8. The van der Waals surface area contributed by atoms with Gasteiger partial charge in [-0.15, -0.1) is 0 Å². The van der Waals surface area contributed by atoms with Crippen LogP contribution in [-0.2, 0) is 19.4 Å². The van der Waals surface area contributed by atoms with Gasteiger partial charge in [-0.05, 0) is 30.7 Å². The number of benzene rings is 1. The van der Waals surface area contributed by atoms with Gasteiger partial charge in [-0.25, -0.2) is 8.42 Å². The number of carboxylic acid groups (broad SMARTS) is 1. The lowest BCUT2D eigenvalue weighted by atomic mass is 10.2. The number of nitrogens with one attached hydrogen (secondary N) is 2.